The molecule has 0 aliphatic carbocycles. The fourth-order valence-electron chi connectivity index (χ4n) is 1.87. The van der Waals surface area contributed by atoms with Crippen molar-refractivity contribution in [2.75, 3.05) is 7.05 Å². The van der Waals surface area contributed by atoms with Crippen LogP contribution < -0.4 is 0 Å². The standard InChI is InChI=1S/C15H13BrClNO2/c1-18(9-10-3-2-4-12(17)7-10)15(20)13-6-5-11(16)8-14(13)19/h2-8,19H,9H2,1H3. The lowest BCUT2D eigenvalue weighted by Gasteiger charge is -2.18. The number of carbonyl (C=O) groups excluding carboxylic acids is 1. The second-order valence-electron chi connectivity index (χ2n) is 4.45. The Bertz CT molecular complexity index is 646. The van der Waals surface area contributed by atoms with Crippen LogP contribution in [0, 0.1) is 0 Å². The summed E-state index contributed by atoms with van der Waals surface area (Å²) in [6.07, 6.45) is 0. The largest absolute Gasteiger partial charge is 0.507 e. The first kappa shape index (κ1) is 14.9. The van der Waals surface area contributed by atoms with Crippen molar-refractivity contribution in [3.8, 4) is 5.75 Å². The Morgan fingerprint density at radius 2 is 2.05 bits per heavy atom. The maximum Gasteiger partial charge on any atom is 0.257 e. The third kappa shape index (κ3) is 3.52. The van der Waals surface area contributed by atoms with Gasteiger partial charge in [0.1, 0.15) is 5.75 Å². The Labute approximate surface area is 130 Å². The van der Waals surface area contributed by atoms with Gasteiger partial charge >= 0.3 is 0 Å². The molecule has 1 amide bonds. The van der Waals surface area contributed by atoms with Crippen LogP contribution in [0.3, 0.4) is 0 Å². The van der Waals surface area contributed by atoms with Crippen molar-refractivity contribution in [3.63, 3.8) is 0 Å². The molecule has 2 aromatic rings. The Kier molecular flexibility index (Phi) is 4.68. The summed E-state index contributed by atoms with van der Waals surface area (Å²) in [6.45, 7) is 0.425. The Morgan fingerprint density at radius 3 is 2.70 bits per heavy atom. The van der Waals surface area contributed by atoms with E-state index in [1.807, 2.05) is 18.2 Å². The third-order valence-corrected chi connectivity index (χ3v) is 3.57. The minimum absolute atomic E-state index is 0.0395. The van der Waals surface area contributed by atoms with Gasteiger partial charge in [0.05, 0.1) is 5.56 Å². The minimum Gasteiger partial charge on any atom is -0.507 e. The Morgan fingerprint density at radius 1 is 1.30 bits per heavy atom. The van der Waals surface area contributed by atoms with Gasteiger partial charge in [-0.1, -0.05) is 39.7 Å². The summed E-state index contributed by atoms with van der Waals surface area (Å²) in [5, 5.41) is 10.5. The molecule has 0 aliphatic rings. The van der Waals surface area contributed by atoms with E-state index in [9.17, 15) is 9.90 Å². The molecule has 0 fully saturated rings. The number of halogens is 2. The molecule has 104 valence electrons. The highest BCUT2D eigenvalue weighted by Crippen LogP contribution is 2.24. The van der Waals surface area contributed by atoms with Crippen molar-refractivity contribution in [1.29, 1.82) is 0 Å². The zero-order valence-corrected chi connectivity index (χ0v) is 13.1. The summed E-state index contributed by atoms with van der Waals surface area (Å²) < 4.78 is 0.726. The molecule has 0 saturated carbocycles. The van der Waals surface area contributed by atoms with E-state index in [1.54, 1.807) is 25.2 Å². The maximum atomic E-state index is 12.3. The second kappa shape index (κ2) is 6.29. The molecule has 2 aromatic carbocycles. The van der Waals surface area contributed by atoms with Crippen molar-refractivity contribution in [2.45, 2.75) is 6.54 Å². The van der Waals surface area contributed by atoms with Crippen LogP contribution in [0.5, 0.6) is 5.75 Å². The number of nitrogens with zero attached hydrogens (tertiary/aromatic N) is 1. The van der Waals surface area contributed by atoms with Crippen LogP contribution in [0.2, 0.25) is 5.02 Å². The molecule has 0 bridgehead atoms. The molecule has 0 unspecified atom stereocenters. The van der Waals surface area contributed by atoms with E-state index in [0.717, 1.165) is 10.0 Å². The first-order chi connectivity index (χ1) is 9.47. The van der Waals surface area contributed by atoms with Crippen LogP contribution in [0.1, 0.15) is 15.9 Å². The zero-order valence-electron chi connectivity index (χ0n) is 10.8. The highest BCUT2D eigenvalue weighted by atomic mass is 79.9. The van der Waals surface area contributed by atoms with Crippen molar-refractivity contribution >= 4 is 33.4 Å². The number of aromatic hydroxyl groups is 1. The van der Waals surface area contributed by atoms with Crippen LogP contribution in [0.25, 0.3) is 0 Å². The van der Waals surface area contributed by atoms with Gasteiger partial charge in [0.15, 0.2) is 0 Å². The predicted octanol–water partition coefficient (Wildman–Crippen LogP) is 4.08. The molecular weight excluding hydrogens is 342 g/mol. The molecule has 20 heavy (non-hydrogen) atoms. The summed E-state index contributed by atoms with van der Waals surface area (Å²) in [7, 11) is 1.69. The first-order valence-electron chi connectivity index (χ1n) is 5.96. The van der Waals surface area contributed by atoms with E-state index < -0.39 is 0 Å². The number of phenols is 1. The highest BCUT2D eigenvalue weighted by Gasteiger charge is 2.16. The maximum absolute atomic E-state index is 12.3. The van der Waals surface area contributed by atoms with Crippen LogP contribution in [-0.4, -0.2) is 23.0 Å². The van der Waals surface area contributed by atoms with Crippen LogP contribution in [0.15, 0.2) is 46.9 Å². The Hall–Kier alpha value is -1.52. The van der Waals surface area contributed by atoms with Crippen molar-refractivity contribution < 1.29 is 9.90 Å². The average Bonchev–Trinajstić information content (AvgIpc) is 2.38. The minimum atomic E-state index is -0.241. The van der Waals surface area contributed by atoms with E-state index in [-0.39, 0.29) is 17.2 Å². The normalized spacial score (nSPS) is 10.3. The van der Waals surface area contributed by atoms with E-state index in [4.69, 9.17) is 11.6 Å². The molecule has 0 aromatic heterocycles. The fourth-order valence-corrected chi connectivity index (χ4v) is 2.43. The van der Waals surface area contributed by atoms with Crippen LogP contribution >= 0.6 is 27.5 Å². The van der Waals surface area contributed by atoms with Crippen molar-refractivity contribution in [3.05, 3.63) is 63.1 Å². The lowest BCUT2D eigenvalue weighted by Crippen LogP contribution is -2.26. The van der Waals surface area contributed by atoms with Gasteiger partial charge in [0, 0.05) is 23.1 Å². The number of hydrogen-bond acceptors (Lipinski definition) is 2. The quantitative estimate of drug-likeness (QED) is 0.902. The summed E-state index contributed by atoms with van der Waals surface area (Å²) in [5.41, 5.74) is 1.21. The van der Waals surface area contributed by atoms with Gasteiger partial charge in [-0.2, -0.15) is 0 Å². The molecule has 1 N–H and O–H groups in total. The summed E-state index contributed by atoms with van der Waals surface area (Å²) in [5.74, 6) is -0.280. The van der Waals surface area contributed by atoms with E-state index in [1.165, 1.54) is 11.0 Å². The predicted molar refractivity (Wildman–Crippen MR) is 83.1 cm³/mol. The smallest absolute Gasteiger partial charge is 0.257 e. The molecule has 0 spiro atoms. The van der Waals surface area contributed by atoms with Gasteiger partial charge in [0.25, 0.3) is 5.91 Å². The van der Waals surface area contributed by atoms with E-state index in [0.29, 0.717) is 11.6 Å². The van der Waals surface area contributed by atoms with Crippen LogP contribution in [0.4, 0.5) is 0 Å². The SMILES string of the molecule is CN(Cc1cccc(Cl)c1)C(=O)c1ccc(Br)cc1O. The third-order valence-electron chi connectivity index (χ3n) is 2.85. The number of phenolic OH excluding ortho intramolecular Hbond substituents is 1. The van der Waals surface area contributed by atoms with Gasteiger partial charge in [0.2, 0.25) is 0 Å². The summed E-state index contributed by atoms with van der Waals surface area (Å²) in [4.78, 5) is 13.8. The van der Waals surface area contributed by atoms with Crippen molar-refractivity contribution in [2.24, 2.45) is 0 Å². The highest BCUT2D eigenvalue weighted by molar-refractivity contribution is 9.10. The molecule has 0 radical (unpaired) electrons. The number of benzene rings is 2. The Balaban J connectivity index is 2.16. The molecule has 0 atom stereocenters. The molecule has 0 heterocycles. The molecule has 5 heteroatoms. The van der Waals surface area contributed by atoms with E-state index in [2.05, 4.69) is 15.9 Å². The fraction of sp³-hybridized carbons (Fsp3) is 0.133. The lowest BCUT2D eigenvalue weighted by atomic mass is 10.1. The number of hydrogen-bond donors (Lipinski definition) is 1. The number of carbonyl (C=O) groups is 1. The first-order valence-corrected chi connectivity index (χ1v) is 7.13. The molecular formula is C15H13BrClNO2. The monoisotopic (exact) mass is 353 g/mol. The summed E-state index contributed by atoms with van der Waals surface area (Å²) >= 11 is 9.16. The van der Waals surface area contributed by atoms with Gasteiger partial charge in [-0.25, -0.2) is 0 Å². The lowest BCUT2D eigenvalue weighted by molar-refractivity contribution is 0.0782. The van der Waals surface area contributed by atoms with Gasteiger partial charge in [-0.15, -0.1) is 0 Å². The van der Waals surface area contributed by atoms with Gasteiger partial charge < -0.3 is 10.0 Å². The van der Waals surface area contributed by atoms with Crippen LogP contribution in [-0.2, 0) is 6.54 Å². The van der Waals surface area contributed by atoms with E-state index >= 15 is 0 Å². The van der Waals surface area contributed by atoms with Gasteiger partial charge in [-0.05, 0) is 35.9 Å². The molecule has 2 rings (SSSR count). The van der Waals surface area contributed by atoms with Gasteiger partial charge in [-0.3, -0.25) is 4.79 Å². The molecule has 0 saturated heterocycles. The average molecular weight is 355 g/mol. The zero-order chi connectivity index (χ0) is 14.7. The summed E-state index contributed by atoms with van der Waals surface area (Å²) in [6, 6.07) is 12.2. The topological polar surface area (TPSA) is 40.5 Å². The second-order valence-corrected chi connectivity index (χ2v) is 5.80. The number of amides is 1. The number of rotatable bonds is 3. The molecule has 0 aliphatic heterocycles. The molecule has 3 nitrogen and oxygen atoms in total. The van der Waals surface area contributed by atoms with Crippen molar-refractivity contribution in [1.82, 2.24) is 4.90 Å².